The Bertz CT molecular complexity index is 3070. The van der Waals surface area contributed by atoms with E-state index in [1.807, 2.05) is 54.6 Å². The second-order valence-electron chi connectivity index (χ2n) is 12.3. The minimum absolute atomic E-state index is 0.570. The summed E-state index contributed by atoms with van der Waals surface area (Å²) in [6, 6.07) is 52.0. The summed E-state index contributed by atoms with van der Waals surface area (Å²) in [5.41, 5.74) is 10.7. The largest absolute Gasteiger partial charge is 0.454 e. The van der Waals surface area contributed by atoms with Crippen LogP contribution in [0.5, 0.6) is 0 Å². The van der Waals surface area contributed by atoms with Crippen molar-refractivity contribution in [2.24, 2.45) is 0 Å². The first kappa shape index (κ1) is 27.1. The van der Waals surface area contributed by atoms with Gasteiger partial charge in [0.25, 0.3) is 0 Å². The van der Waals surface area contributed by atoms with E-state index in [9.17, 15) is 5.26 Å². The predicted molar refractivity (Wildman–Crippen MR) is 199 cm³/mol. The molecule has 0 unspecified atom stereocenters. The minimum Gasteiger partial charge on any atom is -0.454 e. The van der Waals surface area contributed by atoms with Gasteiger partial charge in [0.1, 0.15) is 11.7 Å². The molecule has 226 valence electrons. The van der Waals surface area contributed by atoms with E-state index in [-0.39, 0.29) is 0 Å². The van der Waals surface area contributed by atoms with Crippen LogP contribution in [0.1, 0.15) is 5.56 Å². The average Bonchev–Trinajstić information content (AvgIpc) is 3.82. The molecular formula is C44H24N4O. The highest BCUT2D eigenvalue weighted by molar-refractivity contribution is 6.22. The second kappa shape index (κ2) is 10.2. The van der Waals surface area contributed by atoms with Crippen LogP contribution in [0.3, 0.4) is 0 Å². The zero-order chi connectivity index (χ0) is 32.6. The summed E-state index contributed by atoms with van der Waals surface area (Å²) in [7, 11) is 0. The van der Waals surface area contributed by atoms with Crippen molar-refractivity contribution >= 4 is 71.2 Å². The molecule has 49 heavy (non-hydrogen) atoms. The molecule has 10 aromatic rings. The lowest BCUT2D eigenvalue weighted by molar-refractivity contribution is 0.671. The Balaban J connectivity index is 1.26. The van der Waals surface area contributed by atoms with Crippen LogP contribution in [0, 0.1) is 17.9 Å². The molecule has 0 spiro atoms. The zero-order valence-electron chi connectivity index (χ0n) is 26.1. The summed E-state index contributed by atoms with van der Waals surface area (Å²) in [5.74, 6) is 0. The molecule has 3 aromatic heterocycles. The molecule has 10 rings (SSSR count). The molecule has 0 aliphatic rings. The van der Waals surface area contributed by atoms with Gasteiger partial charge >= 0.3 is 0 Å². The van der Waals surface area contributed by atoms with E-state index in [1.54, 1.807) is 0 Å². The summed E-state index contributed by atoms with van der Waals surface area (Å²) < 4.78 is 11.2. The maximum atomic E-state index is 10.5. The molecule has 0 saturated heterocycles. The van der Waals surface area contributed by atoms with Gasteiger partial charge in [0.15, 0.2) is 11.3 Å². The van der Waals surface area contributed by atoms with Crippen molar-refractivity contribution in [3.63, 3.8) is 0 Å². The van der Waals surface area contributed by atoms with E-state index in [1.165, 1.54) is 5.39 Å². The fourth-order valence-corrected chi connectivity index (χ4v) is 7.67. The van der Waals surface area contributed by atoms with Crippen molar-refractivity contribution in [1.82, 2.24) is 9.13 Å². The number of furan rings is 1. The van der Waals surface area contributed by atoms with E-state index >= 15 is 0 Å². The van der Waals surface area contributed by atoms with Gasteiger partial charge in [0.2, 0.25) is 0 Å². The maximum absolute atomic E-state index is 10.5. The number of nitrogens with zero attached hydrogens (tertiary/aromatic N) is 4. The van der Waals surface area contributed by atoms with Gasteiger partial charge in [0, 0.05) is 38.2 Å². The fraction of sp³-hybridized carbons (Fsp3) is 0. The normalized spacial score (nSPS) is 11.6. The summed E-state index contributed by atoms with van der Waals surface area (Å²) >= 11 is 0. The molecule has 0 aliphatic carbocycles. The molecule has 0 aliphatic heterocycles. The van der Waals surface area contributed by atoms with Crippen molar-refractivity contribution in [2.45, 2.75) is 0 Å². The number of hydrogen-bond donors (Lipinski definition) is 0. The van der Waals surface area contributed by atoms with Crippen LogP contribution in [0.4, 0.5) is 5.69 Å². The monoisotopic (exact) mass is 624 g/mol. The van der Waals surface area contributed by atoms with Crippen molar-refractivity contribution in [3.8, 4) is 28.6 Å². The smallest absolute Gasteiger partial charge is 0.188 e. The Morgan fingerprint density at radius 1 is 0.571 bits per heavy atom. The van der Waals surface area contributed by atoms with Crippen LogP contribution in [0.15, 0.2) is 150 Å². The SMILES string of the molecule is [C-]#[N+]c1ccc2c(c1)c1ccccc1n2-c1c(C#N)cccc1-c1ccc2oc3c(ccc4c5ccccc5n(-c5ccccc5)c43)c2c1. The number of benzene rings is 7. The Labute approximate surface area is 280 Å². The first-order valence-electron chi connectivity index (χ1n) is 16.1. The van der Waals surface area contributed by atoms with Crippen LogP contribution in [0.25, 0.3) is 92.9 Å². The van der Waals surface area contributed by atoms with E-state index in [2.05, 4.69) is 111 Å². The molecule has 5 nitrogen and oxygen atoms in total. The predicted octanol–water partition coefficient (Wildman–Crippen LogP) is 11.9. The van der Waals surface area contributed by atoms with E-state index in [0.29, 0.717) is 11.3 Å². The van der Waals surface area contributed by atoms with Crippen molar-refractivity contribution in [2.75, 3.05) is 0 Å². The Morgan fingerprint density at radius 2 is 1.29 bits per heavy atom. The lowest BCUT2D eigenvalue weighted by Crippen LogP contribution is -2.00. The molecule has 5 heteroatoms. The van der Waals surface area contributed by atoms with Crippen molar-refractivity contribution in [3.05, 3.63) is 163 Å². The Morgan fingerprint density at radius 3 is 2.08 bits per heavy atom. The van der Waals surface area contributed by atoms with Gasteiger partial charge in [-0.3, -0.25) is 0 Å². The molecule has 0 fully saturated rings. The molecule has 0 radical (unpaired) electrons. The highest BCUT2D eigenvalue weighted by atomic mass is 16.3. The number of hydrogen-bond acceptors (Lipinski definition) is 2. The zero-order valence-corrected chi connectivity index (χ0v) is 26.1. The van der Waals surface area contributed by atoms with Crippen LogP contribution >= 0.6 is 0 Å². The van der Waals surface area contributed by atoms with E-state index in [4.69, 9.17) is 11.0 Å². The van der Waals surface area contributed by atoms with Gasteiger partial charge in [-0.1, -0.05) is 84.9 Å². The molecule has 0 N–H and O–H groups in total. The van der Waals surface area contributed by atoms with Gasteiger partial charge < -0.3 is 13.6 Å². The summed E-state index contributed by atoms with van der Waals surface area (Å²) in [6.07, 6.45) is 0. The number of rotatable bonds is 3. The van der Waals surface area contributed by atoms with E-state index in [0.717, 1.165) is 82.7 Å². The van der Waals surface area contributed by atoms with Gasteiger partial charge in [0.05, 0.1) is 39.9 Å². The van der Waals surface area contributed by atoms with Crippen molar-refractivity contribution in [1.29, 1.82) is 5.26 Å². The first-order chi connectivity index (χ1) is 24.2. The number of para-hydroxylation sites is 4. The molecule has 3 heterocycles. The standard InChI is InChI=1S/C44H24N4O/c1-46-29-19-22-40-36(25-29)33-14-6-8-17-39(33)48(40)42-28(26-45)10-9-15-31(42)27-18-23-41-37(24-27)35-21-20-34-32-13-5-7-16-38(32)47(43(34)44(35)49-41)30-11-3-2-4-12-30/h2-25H. The molecule has 7 aromatic carbocycles. The summed E-state index contributed by atoms with van der Waals surface area (Å²) in [6.45, 7) is 7.61. The molecule has 0 bridgehead atoms. The Kier molecular flexibility index (Phi) is 5.64. The Hall–Kier alpha value is -7.08. The third kappa shape index (κ3) is 3.79. The quantitative estimate of drug-likeness (QED) is 0.184. The van der Waals surface area contributed by atoms with Gasteiger partial charge in [-0.15, -0.1) is 0 Å². The van der Waals surface area contributed by atoms with E-state index < -0.39 is 0 Å². The van der Waals surface area contributed by atoms with Crippen LogP contribution in [-0.4, -0.2) is 9.13 Å². The van der Waals surface area contributed by atoms with Crippen LogP contribution < -0.4 is 0 Å². The third-order valence-electron chi connectivity index (χ3n) is 9.76. The minimum atomic E-state index is 0.570. The molecule has 0 atom stereocenters. The highest BCUT2D eigenvalue weighted by Gasteiger charge is 2.22. The molecular weight excluding hydrogens is 601 g/mol. The number of nitriles is 1. The van der Waals surface area contributed by atoms with Gasteiger partial charge in [-0.05, 0) is 71.6 Å². The molecule has 0 saturated carbocycles. The maximum Gasteiger partial charge on any atom is 0.188 e. The highest BCUT2D eigenvalue weighted by Crippen LogP contribution is 2.43. The van der Waals surface area contributed by atoms with Gasteiger partial charge in [-0.25, -0.2) is 4.85 Å². The second-order valence-corrected chi connectivity index (χ2v) is 12.3. The lowest BCUT2D eigenvalue weighted by Gasteiger charge is -2.16. The fourth-order valence-electron chi connectivity index (χ4n) is 7.67. The topological polar surface area (TPSA) is 51.1 Å². The summed E-state index contributed by atoms with van der Waals surface area (Å²) in [5, 5.41) is 16.8. The number of aromatic nitrogens is 2. The average molecular weight is 625 g/mol. The third-order valence-corrected chi connectivity index (χ3v) is 9.76. The number of fused-ring (bicyclic) bond motifs is 10. The van der Waals surface area contributed by atoms with Crippen LogP contribution in [0.2, 0.25) is 0 Å². The lowest BCUT2D eigenvalue weighted by atomic mass is 9.98. The van der Waals surface area contributed by atoms with Crippen molar-refractivity contribution < 1.29 is 4.42 Å². The van der Waals surface area contributed by atoms with Crippen LogP contribution in [-0.2, 0) is 0 Å². The molecule has 0 amide bonds. The summed E-state index contributed by atoms with van der Waals surface area (Å²) in [4.78, 5) is 3.69. The first-order valence-corrected chi connectivity index (χ1v) is 16.1. The van der Waals surface area contributed by atoms with Gasteiger partial charge in [-0.2, -0.15) is 5.26 Å².